The lowest BCUT2D eigenvalue weighted by Gasteiger charge is -2.11. The molecule has 1 N–H and O–H groups in total. The van der Waals surface area contributed by atoms with Crippen molar-refractivity contribution >= 4 is 5.91 Å². The molecule has 0 heterocycles. The first-order valence-corrected chi connectivity index (χ1v) is 7.02. The Bertz CT molecular complexity index is 409. The second-order valence-electron chi connectivity index (χ2n) is 4.70. The van der Waals surface area contributed by atoms with Gasteiger partial charge in [0.15, 0.2) is 0 Å². The van der Waals surface area contributed by atoms with E-state index in [1.807, 2.05) is 30.3 Å². The second kappa shape index (κ2) is 9.16. The smallest absolute Gasteiger partial charge is 0.221 e. The van der Waals surface area contributed by atoms with Gasteiger partial charge in [-0.25, -0.2) is 0 Å². The zero-order chi connectivity index (χ0) is 13.9. The van der Waals surface area contributed by atoms with Gasteiger partial charge in [-0.05, 0) is 12.0 Å². The summed E-state index contributed by atoms with van der Waals surface area (Å²) in [6.07, 6.45) is 6.12. The third kappa shape index (κ3) is 6.05. The molecule has 1 atom stereocenters. The van der Waals surface area contributed by atoms with Crippen molar-refractivity contribution in [1.82, 2.24) is 5.32 Å². The van der Waals surface area contributed by atoms with Gasteiger partial charge in [0.25, 0.3) is 0 Å². The van der Waals surface area contributed by atoms with Crippen molar-refractivity contribution in [3.05, 3.63) is 35.9 Å². The number of amides is 1. The van der Waals surface area contributed by atoms with Gasteiger partial charge in [0.05, 0.1) is 6.07 Å². The molecule has 0 saturated heterocycles. The molecule has 0 bridgehead atoms. The average Bonchev–Trinajstić information content (AvgIpc) is 2.45. The molecule has 0 radical (unpaired) electrons. The van der Waals surface area contributed by atoms with Crippen molar-refractivity contribution in [2.24, 2.45) is 0 Å². The molecule has 0 aliphatic carbocycles. The number of hydrogen-bond donors (Lipinski definition) is 1. The van der Waals surface area contributed by atoms with Crippen LogP contribution < -0.4 is 5.32 Å². The number of nitrogens with zero attached hydrogens (tertiary/aromatic N) is 1. The molecule has 1 aromatic rings. The molecule has 102 valence electrons. The van der Waals surface area contributed by atoms with Crippen LogP contribution in [0.3, 0.4) is 0 Å². The molecule has 3 nitrogen and oxygen atoms in total. The van der Waals surface area contributed by atoms with Crippen molar-refractivity contribution in [1.29, 1.82) is 5.26 Å². The lowest BCUT2D eigenvalue weighted by Crippen LogP contribution is -2.27. The number of rotatable bonds is 8. The first-order valence-electron chi connectivity index (χ1n) is 7.02. The molecule has 0 aliphatic rings. The van der Waals surface area contributed by atoms with Crippen molar-refractivity contribution in [2.75, 3.05) is 0 Å². The summed E-state index contributed by atoms with van der Waals surface area (Å²) in [4.78, 5) is 11.8. The van der Waals surface area contributed by atoms with Crippen LogP contribution in [0.25, 0.3) is 0 Å². The van der Waals surface area contributed by atoms with Crippen LogP contribution in [0, 0.1) is 11.3 Å². The molecule has 1 unspecified atom stereocenters. The second-order valence-corrected chi connectivity index (χ2v) is 4.70. The van der Waals surface area contributed by atoms with E-state index in [4.69, 9.17) is 5.26 Å². The fraction of sp³-hybridized carbons (Fsp3) is 0.500. The minimum atomic E-state index is -0.538. The summed E-state index contributed by atoms with van der Waals surface area (Å²) in [5.74, 6) is -0.0353. The van der Waals surface area contributed by atoms with Crippen LogP contribution in [0.2, 0.25) is 0 Å². The van der Waals surface area contributed by atoms with Gasteiger partial charge >= 0.3 is 0 Å². The van der Waals surface area contributed by atoms with E-state index in [-0.39, 0.29) is 5.91 Å². The number of carbonyl (C=O) groups excluding carboxylic acids is 1. The van der Waals surface area contributed by atoms with E-state index in [9.17, 15) is 4.79 Å². The molecule has 0 aromatic heterocycles. The Morgan fingerprint density at radius 1 is 1.21 bits per heavy atom. The summed E-state index contributed by atoms with van der Waals surface area (Å²) >= 11 is 0. The van der Waals surface area contributed by atoms with Gasteiger partial charge in [0.1, 0.15) is 6.04 Å². The van der Waals surface area contributed by atoms with Crippen LogP contribution in [0.4, 0.5) is 0 Å². The molecular weight excluding hydrogens is 236 g/mol. The quantitative estimate of drug-likeness (QED) is 0.722. The van der Waals surface area contributed by atoms with Crippen molar-refractivity contribution in [2.45, 2.75) is 51.5 Å². The first kappa shape index (κ1) is 15.2. The molecule has 0 fully saturated rings. The number of nitriles is 1. The lowest BCUT2D eigenvalue weighted by atomic mass is 10.1. The Hall–Kier alpha value is -1.82. The van der Waals surface area contributed by atoms with Crippen molar-refractivity contribution in [3.63, 3.8) is 0 Å². The largest absolute Gasteiger partial charge is 0.337 e. The zero-order valence-electron chi connectivity index (χ0n) is 11.6. The number of nitrogens with one attached hydrogen (secondary N) is 1. The highest BCUT2D eigenvalue weighted by atomic mass is 16.1. The van der Waals surface area contributed by atoms with Crippen LogP contribution >= 0.6 is 0 Å². The summed E-state index contributed by atoms with van der Waals surface area (Å²) in [5.41, 5.74) is 0.837. The van der Waals surface area contributed by atoms with Crippen LogP contribution in [0.1, 0.15) is 57.1 Å². The molecule has 1 amide bonds. The lowest BCUT2D eigenvalue weighted by molar-refractivity contribution is -0.121. The summed E-state index contributed by atoms with van der Waals surface area (Å²) in [6, 6.07) is 10.9. The normalized spacial score (nSPS) is 11.6. The van der Waals surface area contributed by atoms with Crippen molar-refractivity contribution < 1.29 is 4.79 Å². The predicted molar refractivity (Wildman–Crippen MR) is 76.3 cm³/mol. The standard InChI is InChI=1S/C16H22N2O/c1-2-3-4-5-9-12-16(19)18-15(13-17)14-10-7-6-8-11-14/h6-8,10-11,15H,2-5,9,12H2,1H3,(H,18,19). The maximum Gasteiger partial charge on any atom is 0.221 e. The Kier molecular flexibility index (Phi) is 7.34. The molecule has 1 aromatic carbocycles. The van der Waals surface area contributed by atoms with E-state index in [1.54, 1.807) is 0 Å². The molecular formula is C16H22N2O. The summed E-state index contributed by atoms with van der Waals surface area (Å²) in [7, 11) is 0. The Morgan fingerprint density at radius 2 is 1.89 bits per heavy atom. The maximum atomic E-state index is 11.8. The van der Waals surface area contributed by atoms with E-state index in [0.29, 0.717) is 6.42 Å². The van der Waals surface area contributed by atoms with E-state index in [0.717, 1.165) is 18.4 Å². The fourth-order valence-corrected chi connectivity index (χ4v) is 1.96. The zero-order valence-corrected chi connectivity index (χ0v) is 11.6. The van der Waals surface area contributed by atoms with E-state index >= 15 is 0 Å². The Morgan fingerprint density at radius 3 is 2.53 bits per heavy atom. The van der Waals surface area contributed by atoms with Gasteiger partial charge in [-0.1, -0.05) is 62.9 Å². The molecule has 0 saturated carbocycles. The van der Waals surface area contributed by atoms with Gasteiger partial charge in [0.2, 0.25) is 5.91 Å². The molecule has 0 spiro atoms. The topological polar surface area (TPSA) is 52.9 Å². The number of unbranched alkanes of at least 4 members (excludes halogenated alkanes) is 4. The minimum absolute atomic E-state index is 0.0353. The van der Waals surface area contributed by atoms with Crippen LogP contribution in [0.15, 0.2) is 30.3 Å². The molecule has 1 rings (SSSR count). The minimum Gasteiger partial charge on any atom is -0.337 e. The Labute approximate surface area is 115 Å². The van der Waals surface area contributed by atoms with Crippen molar-refractivity contribution in [3.8, 4) is 6.07 Å². The maximum absolute atomic E-state index is 11.8. The highest BCUT2D eigenvalue weighted by molar-refractivity contribution is 5.76. The predicted octanol–water partition coefficient (Wildman–Crippen LogP) is 3.73. The highest BCUT2D eigenvalue weighted by Gasteiger charge is 2.12. The monoisotopic (exact) mass is 258 g/mol. The van der Waals surface area contributed by atoms with Gasteiger partial charge < -0.3 is 5.32 Å². The summed E-state index contributed by atoms with van der Waals surface area (Å²) < 4.78 is 0. The van der Waals surface area contributed by atoms with E-state index < -0.39 is 6.04 Å². The van der Waals surface area contributed by atoms with Gasteiger partial charge in [-0.2, -0.15) is 5.26 Å². The SMILES string of the molecule is CCCCCCCC(=O)NC(C#N)c1ccccc1. The van der Waals surface area contributed by atoms with Crippen LogP contribution in [0.5, 0.6) is 0 Å². The number of carbonyl (C=O) groups is 1. The number of hydrogen-bond acceptors (Lipinski definition) is 2. The highest BCUT2D eigenvalue weighted by Crippen LogP contribution is 2.12. The molecule has 0 aliphatic heterocycles. The molecule has 19 heavy (non-hydrogen) atoms. The third-order valence-electron chi connectivity index (χ3n) is 3.07. The average molecular weight is 258 g/mol. The van der Waals surface area contributed by atoms with E-state index in [2.05, 4.69) is 18.3 Å². The molecule has 3 heteroatoms. The third-order valence-corrected chi connectivity index (χ3v) is 3.07. The van der Waals surface area contributed by atoms with E-state index in [1.165, 1.54) is 19.3 Å². The first-order chi connectivity index (χ1) is 9.27. The van der Waals surface area contributed by atoms with Gasteiger partial charge in [0, 0.05) is 6.42 Å². The van der Waals surface area contributed by atoms with Crippen LogP contribution in [-0.2, 0) is 4.79 Å². The van der Waals surface area contributed by atoms with Gasteiger partial charge in [-0.15, -0.1) is 0 Å². The summed E-state index contributed by atoms with van der Waals surface area (Å²) in [6.45, 7) is 2.17. The fourth-order valence-electron chi connectivity index (χ4n) is 1.96. The van der Waals surface area contributed by atoms with Crippen LogP contribution in [-0.4, -0.2) is 5.91 Å². The number of benzene rings is 1. The van der Waals surface area contributed by atoms with Gasteiger partial charge in [-0.3, -0.25) is 4.79 Å². The summed E-state index contributed by atoms with van der Waals surface area (Å²) in [5, 5.41) is 11.9. The Balaban J connectivity index is 2.32.